The van der Waals surface area contributed by atoms with Crippen molar-refractivity contribution in [3.63, 3.8) is 0 Å². The topological polar surface area (TPSA) is 21.6 Å². The van der Waals surface area contributed by atoms with Crippen molar-refractivity contribution in [3.8, 4) is 0 Å². The predicted molar refractivity (Wildman–Crippen MR) is 66.8 cm³/mol. The highest BCUT2D eigenvalue weighted by Gasteiger charge is 2.19. The van der Waals surface area contributed by atoms with Gasteiger partial charge in [-0.1, -0.05) is 13.8 Å². The molecular weight excluding hydrogens is 190 g/mol. The summed E-state index contributed by atoms with van der Waals surface area (Å²) in [6.07, 6.45) is 3.37. The second kappa shape index (κ2) is 7.18. The van der Waals surface area contributed by atoms with Gasteiger partial charge in [0, 0.05) is 19.4 Å². The molecule has 2 nitrogen and oxygen atoms in total. The first kappa shape index (κ1) is 13.8. The monoisotopic (exact) mass is 215 g/mol. The third-order valence-corrected chi connectivity index (χ3v) is 5.30. The van der Waals surface area contributed by atoms with Crippen LogP contribution in [-0.4, -0.2) is 27.7 Å². The lowest BCUT2D eigenvalue weighted by atomic mass is 10.2. The minimum Gasteiger partial charge on any atom is -0.420 e. The minimum atomic E-state index is -1.34. The summed E-state index contributed by atoms with van der Waals surface area (Å²) in [5, 5.41) is 0. The fourth-order valence-electron chi connectivity index (χ4n) is 1.32. The lowest BCUT2D eigenvalue weighted by molar-refractivity contribution is 0.402. The van der Waals surface area contributed by atoms with Crippen LogP contribution in [0.3, 0.4) is 0 Å². The normalized spacial score (nSPS) is 11.5. The molecule has 0 saturated carbocycles. The first-order valence-corrected chi connectivity index (χ1v) is 8.74. The van der Waals surface area contributed by atoms with E-state index in [9.17, 15) is 0 Å². The lowest BCUT2D eigenvalue weighted by Gasteiger charge is -2.18. The molecule has 0 aliphatic rings. The Kier molecular flexibility index (Phi) is 7.10. The van der Waals surface area contributed by atoms with Crippen molar-refractivity contribution in [1.29, 1.82) is 0 Å². The van der Waals surface area contributed by atoms with Crippen LogP contribution in [0.2, 0.25) is 19.1 Å². The molecule has 0 radical (unpaired) electrons. The van der Waals surface area contributed by atoms with Gasteiger partial charge >= 0.3 is 0 Å². The van der Waals surface area contributed by atoms with E-state index in [0.29, 0.717) is 0 Å². The second-order valence-electron chi connectivity index (χ2n) is 4.22. The summed E-state index contributed by atoms with van der Waals surface area (Å²) in [6.45, 7) is 9.86. The van der Waals surface area contributed by atoms with Crippen LogP contribution in [0, 0.1) is 0 Å². The van der Waals surface area contributed by atoms with Crippen LogP contribution in [0.4, 0.5) is 0 Å². The molecule has 0 amide bonds. The van der Waals surface area contributed by atoms with Crippen LogP contribution in [0.15, 0.2) is 4.99 Å². The van der Waals surface area contributed by atoms with E-state index < -0.39 is 8.32 Å². The quantitative estimate of drug-likeness (QED) is 0.362. The maximum absolute atomic E-state index is 5.49. The Balaban J connectivity index is 3.69. The van der Waals surface area contributed by atoms with E-state index in [1.165, 1.54) is 18.2 Å². The van der Waals surface area contributed by atoms with Crippen LogP contribution >= 0.6 is 0 Å². The maximum atomic E-state index is 5.49. The molecule has 0 N–H and O–H groups in total. The van der Waals surface area contributed by atoms with E-state index in [-0.39, 0.29) is 0 Å². The van der Waals surface area contributed by atoms with Crippen molar-refractivity contribution in [2.45, 2.75) is 52.2 Å². The number of rotatable bonds is 7. The third kappa shape index (κ3) is 6.32. The van der Waals surface area contributed by atoms with Crippen LogP contribution < -0.4 is 0 Å². The Morgan fingerprint density at radius 3 is 2.21 bits per heavy atom. The molecule has 0 atom stereocenters. The van der Waals surface area contributed by atoms with Crippen LogP contribution in [0.25, 0.3) is 0 Å². The number of hydrogen-bond donors (Lipinski definition) is 0. The lowest BCUT2D eigenvalue weighted by Crippen LogP contribution is -2.28. The molecule has 0 unspecified atom stereocenters. The number of nitrogens with zero attached hydrogens (tertiary/aromatic N) is 1. The zero-order valence-electron chi connectivity index (χ0n) is 10.4. The number of hydrogen-bond acceptors (Lipinski definition) is 2. The van der Waals surface area contributed by atoms with E-state index in [4.69, 9.17) is 4.43 Å². The van der Waals surface area contributed by atoms with Gasteiger partial charge in [0.1, 0.15) is 0 Å². The largest absolute Gasteiger partial charge is 0.420 e. The second-order valence-corrected chi connectivity index (χ2v) is 8.65. The van der Waals surface area contributed by atoms with Crippen molar-refractivity contribution in [1.82, 2.24) is 0 Å². The summed E-state index contributed by atoms with van der Waals surface area (Å²) in [7, 11) is 0.493. The maximum Gasteiger partial charge on any atom is 0.186 e. The highest BCUT2D eigenvalue weighted by atomic mass is 28.4. The Labute approximate surface area is 89.9 Å². The average Bonchev–Trinajstić information content (AvgIpc) is 2.18. The summed E-state index contributed by atoms with van der Waals surface area (Å²) in [6, 6.07) is 1.22. The van der Waals surface area contributed by atoms with Gasteiger partial charge in [0.2, 0.25) is 0 Å². The molecule has 0 aromatic heterocycles. The van der Waals surface area contributed by atoms with Gasteiger partial charge in [0.15, 0.2) is 8.32 Å². The minimum absolute atomic E-state index is 0.983. The van der Waals surface area contributed by atoms with Crippen molar-refractivity contribution in [2.75, 3.05) is 13.7 Å². The zero-order valence-corrected chi connectivity index (χ0v) is 11.4. The molecule has 0 aliphatic heterocycles. The molecule has 0 aromatic rings. The van der Waals surface area contributed by atoms with Gasteiger partial charge in [0.25, 0.3) is 0 Å². The summed E-state index contributed by atoms with van der Waals surface area (Å²) in [5.74, 6) is 0. The van der Waals surface area contributed by atoms with Crippen LogP contribution in [0.1, 0.15) is 33.1 Å². The van der Waals surface area contributed by atoms with Gasteiger partial charge in [-0.15, -0.1) is 0 Å². The predicted octanol–water partition coefficient (Wildman–Crippen LogP) is 3.49. The fraction of sp³-hybridized carbons (Fsp3) is 0.909. The first-order valence-electron chi connectivity index (χ1n) is 5.63. The molecule has 0 aliphatic carbocycles. The average molecular weight is 215 g/mol. The Morgan fingerprint density at radius 1 is 1.21 bits per heavy atom. The molecule has 0 aromatic carbocycles. The first-order chi connectivity index (χ1) is 6.55. The smallest absolute Gasteiger partial charge is 0.186 e. The molecule has 0 heterocycles. The molecular formula is C11H25NOSi. The summed E-state index contributed by atoms with van der Waals surface area (Å²) < 4.78 is 5.49. The van der Waals surface area contributed by atoms with Crippen molar-refractivity contribution in [2.24, 2.45) is 4.99 Å². The molecule has 0 saturated heterocycles. The van der Waals surface area contributed by atoms with E-state index in [0.717, 1.165) is 19.4 Å². The van der Waals surface area contributed by atoms with Gasteiger partial charge < -0.3 is 4.43 Å². The molecule has 3 heteroatoms. The van der Waals surface area contributed by atoms with Gasteiger partial charge in [-0.05, 0) is 38.4 Å². The summed E-state index contributed by atoms with van der Waals surface area (Å²) in [5.41, 5.74) is 1.35. The molecule has 84 valence electrons. The molecule has 0 spiro atoms. The molecule has 14 heavy (non-hydrogen) atoms. The Morgan fingerprint density at radius 2 is 1.79 bits per heavy atom. The van der Waals surface area contributed by atoms with E-state index in [1.807, 2.05) is 7.11 Å². The van der Waals surface area contributed by atoms with Gasteiger partial charge in [-0.3, -0.25) is 4.99 Å². The van der Waals surface area contributed by atoms with Crippen LogP contribution in [0.5, 0.6) is 0 Å². The summed E-state index contributed by atoms with van der Waals surface area (Å²) in [4.78, 5) is 4.58. The molecule has 0 fully saturated rings. The SMILES string of the molecule is CCC(CC)=NCCC[Si](C)(C)OC. The van der Waals surface area contributed by atoms with Crippen molar-refractivity contribution >= 4 is 14.0 Å². The highest BCUT2D eigenvalue weighted by Crippen LogP contribution is 2.12. The Bertz CT molecular complexity index is 172. The summed E-state index contributed by atoms with van der Waals surface area (Å²) >= 11 is 0. The highest BCUT2D eigenvalue weighted by molar-refractivity contribution is 6.71. The fourth-order valence-corrected chi connectivity index (χ4v) is 2.53. The van der Waals surface area contributed by atoms with Crippen molar-refractivity contribution < 1.29 is 4.43 Å². The zero-order chi connectivity index (χ0) is 11.0. The standard InChI is InChI=1S/C11H25NOSi/c1-6-11(7-2)12-9-8-10-14(4,5)13-3/h6-10H2,1-5H3. The number of aliphatic imine (C=N–C) groups is 1. The van der Waals surface area contributed by atoms with Crippen LogP contribution in [-0.2, 0) is 4.43 Å². The van der Waals surface area contributed by atoms with Crippen molar-refractivity contribution in [3.05, 3.63) is 0 Å². The van der Waals surface area contributed by atoms with Gasteiger partial charge in [0.05, 0.1) is 0 Å². The van der Waals surface area contributed by atoms with E-state index in [2.05, 4.69) is 31.9 Å². The van der Waals surface area contributed by atoms with Gasteiger partial charge in [-0.2, -0.15) is 0 Å². The van der Waals surface area contributed by atoms with E-state index in [1.54, 1.807) is 0 Å². The third-order valence-electron chi connectivity index (χ3n) is 2.64. The van der Waals surface area contributed by atoms with E-state index >= 15 is 0 Å². The Hall–Kier alpha value is -0.153. The molecule has 0 rings (SSSR count). The molecule has 0 bridgehead atoms. The van der Waals surface area contributed by atoms with Gasteiger partial charge in [-0.25, -0.2) is 0 Å².